The van der Waals surface area contributed by atoms with Gasteiger partial charge in [-0.2, -0.15) is 0 Å². The number of aryl methyl sites for hydroxylation is 1. The fraction of sp³-hybridized carbons (Fsp3) is 0.733. The van der Waals surface area contributed by atoms with Crippen molar-refractivity contribution < 1.29 is 4.79 Å². The lowest BCUT2D eigenvalue weighted by Gasteiger charge is -2.61. The van der Waals surface area contributed by atoms with E-state index in [1.54, 1.807) is 0 Å². The van der Waals surface area contributed by atoms with Gasteiger partial charge in [0.1, 0.15) is 5.69 Å². The van der Waals surface area contributed by atoms with Gasteiger partial charge in [-0.1, -0.05) is 0 Å². The van der Waals surface area contributed by atoms with Crippen molar-refractivity contribution in [2.45, 2.75) is 56.5 Å². The first kappa shape index (κ1) is 12.8. The largest absolute Gasteiger partial charge is 0.345 e. The van der Waals surface area contributed by atoms with E-state index in [2.05, 4.69) is 10.3 Å². The first-order valence-corrected chi connectivity index (χ1v) is 8.37. The third kappa shape index (κ3) is 1.99. The van der Waals surface area contributed by atoms with E-state index in [0.29, 0.717) is 17.5 Å². The van der Waals surface area contributed by atoms with Crippen molar-refractivity contribution in [1.29, 1.82) is 0 Å². The van der Waals surface area contributed by atoms with Crippen LogP contribution in [-0.2, 0) is 0 Å². The second-order valence-corrected chi connectivity index (χ2v) is 8.37. The van der Waals surface area contributed by atoms with Crippen molar-refractivity contribution in [2.24, 2.45) is 17.6 Å². The minimum atomic E-state index is -0.0621. The first-order valence-electron chi connectivity index (χ1n) is 7.49. The topological polar surface area (TPSA) is 68.0 Å². The lowest BCUT2D eigenvalue weighted by Crippen LogP contribution is -2.68. The predicted molar refractivity (Wildman–Crippen MR) is 78.6 cm³/mol. The van der Waals surface area contributed by atoms with E-state index in [4.69, 9.17) is 5.73 Å². The average Bonchev–Trinajstić information content (AvgIpc) is 2.71. The highest BCUT2D eigenvalue weighted by molar-refractivity contribution is 7.09. The van der Waals surface area contributed by atoms with Crippen LogP contribution >= 0.6 is 11.3 Å². The molecule has 4 aliphatic rings. The zero-order valence-electron chi connectivity index (χ0n) is 11.8. The molecule has 108 valence electrons. The third-order valence-corrected chi connectivity index (χ3v) is 6.11. The number of hydrogen-bond donors (Lipinski definition) is 2. The fourth-order valence-electron chi connectivity index (χ4n) is 5.25. The minimum absolute atomic E-state index is 0.0140. The number of aromatic nitrogens is 1. The van der Waals surface area contributed by atoms with Crippen LogP contribution in [-0.4, -0.2) is 22.0 Å². The Morgan fingerprint density at radius 2 is 2.10 bits per heavy atom. The maximum absolute atomic E-state index is 12.4. The highest BCUT2D eigenvalue weighted by Gasteiger charge is 2.56. The molecule has 4 bridgehead atoms. The number of rotatable bonds is 2. The normalized spacial score (nSPS) is 41.9. The molecule has 2 atom stereocenters. The van der Waals surface area contributed by atoms with Gasteiger partial charge in [0.05, 0.1) is 5.01 Å². The predicted octanol–water partition coefficient (Wildman–Crippen LogP) is 2.23. The zero-order chi connectivity index (χ0) is 14.0. The summed E-state index contributed by atoms with van der Waals surface area (Å²) in [5.41, 5.74) is 7.03. The molecular weight excluding hydrogens is 270 g/mol. The van der Waals surface area contributed by atoms with Crippen LogP contribution in [0.3, 0.4) is 0 Å². The first-order chi connectivity index (χ1) is 9.45. The van der Waals surface area contributed by atoms with Gasteiger partial charge >= 0.3 is 0 Å². The maximum Gasteiger partial charge on any atom is 0.271 e. The van der Waals surface area contributed by atoms with Gasteiger partial charge in [0.2, 0.25) is 0 Å². The number of nitrogens with one attached hydrogen (secondary N) is 1. The highest BCUT2D eigenvalue weighted by Crippen LogP contribution is 2.56. The molecule has 2 unspecified atom stereocenters. The van der Waals surface area contributed by atoms with Crippen molar-refractivity contribution in [3.05, 3.63) is 16.1 Å². The SMILES string of the molecule is Cc1nc(C(=O)NC23CC4CC(CC(N)(C4)C2)C3)cs1. The number of nitrogens with zero attached hydrogens (tertiary/aromatic N) is 1. The van der Waals surface area contributed by atoms with Crippen molar-refractivity contribution in [3.8, 4) is 0 Å². The maximum atomic E-state index is 12.4. The Morgan fingerprint density at radius 3 is 2.65 bits per heavy atom. The highest BCUT2D eigenvalue weighted by atomic mass is 32.1. The third-order valence-electron chi connectivity index (χ3n) is 5.34. The van der Waals surface area contributed by atoms with Crippen LogP contribution in [0.2, 0.25) is 0 Å². The van der Waals surface area contributed by atoms with Gasteiger partial charge in [-0.25, -0.2) is 4.98 Å². The van der Waals surface area contributed by atoms with E-state index < -0.39 is 0 Å². The van der Waals surface area contributed by atoms with Crippen LogP contribution in [0.15, 0.2) is 5.38 Å². The molecular formula is C15H21N3OS. The molecule has 3 N–H and O–H groups in total. The molecule has 1 aromatic rings. The molecule has 20 heavy (non-hydrogen) atoms. The monoisotopic (exact) mass is 291 g/mol. The fourth-order valence-corrected chi connectivity index (χ4v) is 5.85. The number of amides is 1. The van der Waals surface area contributed by atoms with Gasteiger partial charge in [-0.3, -0.25) is 4.79 Å². The number of carbonyl (C=O) groups is 1. The summed E-state index contributed by atoms with van der Waals surface area (Å²) in [5.74, 6) is 1.40. The van der Waals surface area contributed by atoms with Crippen LogP contribution in [0.4, 0.5) is 0 Å². The van der Waals surface area contributed by atoms with E-state index in [0.717, 1.165) is 37.1 Å². The Balaban J connectivity index is 1.57. The zero-order valence-corrected chi connectivity index (χ0v) is 12.6. The standard InChI is InChI=1S/C15H21N3OS/c1-9-17-12(7-20-9)13(19)18-15-5-10-2-11(6-15)4-14(16,3-10)8-15/h7,10-11H,2-6,8,16H2,1H3,(H,18,19). The molecule has 4 nitrogen and oxygen atoms in total. The molecule has 0 radical (unpaired) electrons. The quantitative estimate of drug-likeness (QED) is 0.878. The van der Waals surface area contributed by atoms with Gasteiger partial charge in [-0.15, -0.1) is 11.3 Å². The molecule has 1 amide bonds. The summed E-state index contributed by atoms with van der Waals surface area (Å²) in [5, 5.41) is 6.10. The van der Waals surface area contributed by atoms with Crippen molar-refractivity contribution >= 4 is 17.2 Å². The smallest absolute Gasteiger partial charge is 0.271 e. The van der Waals surface area contributed by atoms with Gasteiger partial charge < -0.3 is 11.1 Å². The summed E-state index contributed by atoms with van der Waals surface area (Å²) in [6.45, 7) is 1.93. The molecule has 4 aliphatic carbocycles. The summed E-state index contributed by atoms with van der Waals surface area (Å²) in [6.07, 6.45) is 6.77. The van der Waals surface area contributed by atoms with Gasteiger partial charge in [0, 0.05) is 16.5 Å². The second kappa shape index (κ2) is 4.04. The van der Waals surface area contributed by atoms with Crippen LogP contribution in [0.1, 0.15) is 54.0 Å². The van der Waals surface area contributed by atoms with Crippen molar-refractivity contribution in [1.82, 2.24) is 10.3 Å². The Labute approximate surface area is 123 Å². The van der Waals surface area contributed by atoms with Crippen molar-refractivity contribution in [3.63, 3.8) is 0 Å². The second-order valence-electron chi connectivity index (χ2n) is 7.31. The molecule has 0 aliphatic heterocycles. The number of thiazole rings is 1. The van der Waals surface area contributed by atoms with Gasteiger partial charge in [0.15, 0.2) is 0 Å². The molecule has 1 heterocycles. The summed E-state index contributed by atoms with van der Waals surface area (Å²) in [4.78, 5) is 16.7. The summed E-state index contributed by atoms with van der Waals surface area (Å²) >= 11 is 1.53. The molecule has 0 spiro atoms. The summed E-state index contributed by atoms with van der Waals surface area (Å²) in [6, 6.07) is 0. The van der Waals surface area contributed by atoms with Crippen LogP contribution in [0.5, 0.6) is 0 Å². The number of carbonyl (C=O) groups excluding carboxylic acids is 1. The molecule has 1 aromatic heterocycles. The minimum Gasteiger partial charge on any atom is -0.345 e. The van der Waals surface area contributed by atoms with Gasteiger partial charge in [-0.05, 0) is 57.3 Å². The Kier molecular flexibility index (Phi) is 2.58. The molecule has 4 saturated carbocycles. The van der Waals surface area contributed by atoms with E-state index in [1.807, 2.05) is 12.3 Å². The number of hydrogen-bond acceptors (Lipinski definition) is 4. The van der Waals surface area contributed by atoms with Crippen molar-refractivity contribution in [2.75, 3.05) is 0 Å². The molecule has 5 heteroatoms. The van der Waals surface area contributed by atoms with Crippen LogP contribution < -0.4 is 11.1 Å². The van der Waals surface area contributed by atoms with Gasteiger partial charge in [0.25, 0.3) is 5.91 Å². The lowest BCUT2D eigenvalue weighted by atomic mass is 9.50. The number of nitrogens with two attached hydrogens (primary N) is 1. The van der Waals surface area contributed by atoms with E-state index in [-0.39, 0.29) is 17.0 Å². The molecule has 0 aromatic carbocycles. The lowest BCUT2D eigenvalue weighted by molar-refractivity contribution is -0.0321. The average molecular weight is 291 g/mol. The Hall–Kier alpha value is -0.940. The Bertz CT molecular complexity index is 553. The van der Waals surface area contributed by atoms with Crippen LogP contribution in [0, 0.1) is 18.8 Å². The molecule has 5 rings (SSSR count). The molecule has 4 fully saturated rings. The van der Waals surface area contributed by atoms with E-state index in [1.165, 1.54) is 17.8 Å². The van der Waals surface area contributed by atoms with Crippen LogP contribution in [0.25, 0.3) is 0 Å². The Morgan fingerprint density at radius 1 is 1.40 bits per heavy atom. The van der Waals surface area contributed by atoms with E-state index >= 15 is 0 Å². The van der Waals surface area contributed by atoms with E-state index in [9.17, 15) is 4.79 Å². The molecule has 0 saturated heterocycles. The summed E-state index contributed by atoms with van der Waals surface area (Å²) < 4.78 is 0. The summed E-state index contributed by atoms with van der Waals surface area (Å²) in [7, 11) is 0.